The molecule has 3 aromatic rings. The number of unbranched alkanes of at least 4 members (excludes halogenated alkanes) is 2. The first-order valence-electron chi connectivity index (χ1n) is 10.9. The molecule has 0 saturated heterocycles. The van der Waals surface area contributed by atoms with Crippen molar-refractivity contribution in [1.82, 2.24) is 9.88 Å². The average Bonchev–Trinajstić information content (AvgIpc) is 3.11. The number of carbonyl (C=O) groups is 1. The number of nitrogens with one attached hydrogen (secondary N) is 2. The number of benzene rings is 2. The van der Waals surface area contributed by atoms with Crippen LogP contribution in [0.5, 0.6) is 5.75 Å². The summed E-state index contributed by atoms with van der Waals surface area (Å²) in [4.78, 5) is 11.9. The van der Waals surface area contributed by atoms with Gasteiger partial charge in [0, 0.05) is 30.2 Å². The van der Waals surface area contributed by atoms with Crippen LogP contribution in [0.3, 0.4) is 0 Å². The minimum absolute atomic E-state index is 0.215. The van der Waals surface area contributed by atoms with E-state index >= 15 is 0 Å². The van der Waals surface area contributed by atoms with Gasteiger partial charge in [-0.15, -0.1) is 0 Å². The number of aryl methyl sites for hydroxylation is 1. The third-order valence-corrected chi connectivity index (χ3v) is 5.32. The first-order valence-corrected chi connectivity index (χ1v) is 10.9. The maximum absolute atomic E-state index is 11.9. The molecule has 0 aliphatic heterocycles. The average molecular weight is 419 g/mol. The van der Waals surface area contributed by atoms with Gasteiger partial charge in [-0.05, 0) is 42.7 Å². The lowest BCUT2D eigenvalue weighted by Crippen LogP contribution is -2.29. The molecule has 0 saturated carbocycles. The van der Waals surface area contributed by atoms with Crippen LogP contribution < -0.4 is 15.4 Å². The van der Waals surface area contributed by atoms with Crippen molar-refractivity contribution in [3.05, 3.63) is 48.0 Å². The SMILES string of the molecule is CCCCCn1c(-c2ccc(NC(=O)NCCC)cc2)c(C#N)c2ccc(OC)cc21. The number of fused-ring (bicyclic) bond motifs is 1. The van der Waals surface area contributed by atoms with Crippen molar-refractivity contribution in [2.75, 3.05) is 19.0 Å². The van der Waals surface area contributed by atoms with Crippen LogP contribution in [0.25, 0.3) is 22.2 Å². The van der Waals surface area contributed by atoms with Crippen molar-refractivity contribution >= 4 is 22.6 Å². The number of nitriles is 1. The summed E-state index contributed by atoms with van der Waals surface area (Å²) in [6.45, 7) is 5.66. The van der Waals surface area contributed by atoms with E-state index in [1.54, 1.807) is 7.11 Å². The lowest BCUT2D eigenvalue weighted by molar-refractivity contribution is 0.252. The van der Waals surface area contributed by atoms with E-state index in [0.29, 0.717) is 17.8 Å². The summed E-state index contributed by atoms with van der Waals surface area (Å²) < 4.78 is 7.65. The van der Waals surface area contributed by atoms with Crippen molar-refractivity contribution in [2.45, 2.75) is 46.1 Å². The highest BCUT2D eigenvalue weighted by Gasteiger charge is 2.19. The van der Waals surface area contributed by atoms with Crippen molar-refractivity contribution in [2.24, 2.45) is 0 Å². The molecule has 0 unspecified atom stereocenters. The summed E-state index contributed by atoms with van der Waals surface area (Å²) in [5.74, 6) is 0.774. The van der Waals surface area contributed by atoms with Gasteiger partial charge in [0.1, 0.15) is 11.8 Å². The summed E-state index contributed by atoms with van der Waals surface area (Å²) in [6, 6.07) is 15.7. The molecule has 6 heteroatoms. The molecule has 31 heavy (non-hydrogen) atoms. The van der Waals surface area contributed by atoms with Crippen LogP contribution in [0.2, 0.25) is 0 Å². The molecule has 0 fully saturated rings. The Kier molecular flexibility index (Phi) is 7.55. The number of hydrogen-bond acceptors (Lipinski definition) is 3. The molecule has 2 amide bonds. The predicted molar refractivity (Wildman–Crippen MR) is 125 cm³/mol. The van der Waals surface area contributed by atoms with Gasteiger partial charge in [0.15, 0.2) is 0 Å². The van der Waals surface area contributed by atoms with Gasteiger partial charge in [-0.2, -0.15) is 5.26 Å². The highest BCUT2D eigenvalue weighted by atomic mass is 16.5. The third kappa shape index (κ3) is 5.00. The number of methoxy groups -OCH3 is 1. The number of aromatic nitrogens is 1. The number of anilines is 1. The van der Waals surface area contributed by atoms with Crippen molar-refractivity contribution in [3.8, 4) is 23.1 Å². The van der Waals surface area contributed by atoms with Gasteiger partial charge in [-0.3, -0.25) is 0 Å². The van der Waals surface area contributed by atoms with Gasteiger partial charge in [0.25, 0.3) is 0 Å². The summed E-state index contributed by atoms with van der Waals surface area (Å²) in [7, 11) is 1.65. The molecule has 1 aromatic heterocycles. The Bertz CT molecular complexity index is 1080. The molecule has 162 valence electrons. The van der Waals surface area contributed by atoms with Crippen LogP contribution >= 0.6 is 0 Å². The first kappa shape index (κ1) is 22.2. The van der Waals surface area contributed by atoms with Gasteiger partial charge < -0.3 is 19.9 Å². The molecule has 0 radical (unpaired) electrons. The molecule has 0 aliphatic carbocycles. The minimum Gasteiger partial charge on any atom is -0.497 e. The van der Waals surface area contributed by atoms with Crippen LogP contribution in [0.15, 0.2) is 42.5 Å². The molecular weight excluding hydrogens is 388 g/mol. The zero-order valence-electron chi connectivity index (χ0n) is 18.5. The van der Waals surface area contributed by atoms with Crippen LogP contribution in [0.4, 0.5) is 10.5 Å². The number of hydrogen-bond donors (Lipinski definition) is 2. The second-order valence-corrected chi connectivity index (χ2v) is 7.54. The summed E-state index contributed by atoms with van der Waals surface area (Å²) >= 11 is 0. The predicted octanol–water partition coefficient (Wildman–Crippen LogP) is 5.91. The fourth-order valence-corrected chi connectivity index (χ4v) is 3.75. The van der Waals surface area contributed by atoms with E-state index in [0.717, 1.165) is 60.1 Å². The van der Waals surface area contributed by atoms with Gasteiger partial charge in [0.2, 0.25) is 0 Å². The maximum atomic E-state index is 11.9. The van der Waals surface area contributed by atoms with Gasteiger partial charge >= 0.3 is 6.03 Å². The van der Waals surface area contributed by atoms with Gasteiger partial charge in [0.05, 0.1) is 23.9 Å². The Morgan fingerprint density at radius 3 is 2.52 bits per heavy atom. The summed E-state index contributed by atoms with van der Waals surface area (Å²) in [5, 5.41) is 16.6. The maximum Gasteiger partial charge on any atom is 0.319 e. The second kappa shape index (κ2) is 10.5. The fraction of sp³-hybridized carbons (Fsp3) is 0.360. The minimum atomic E-state index is -0.215. The fourth-order valence-electron chi connectivity index (χ4n) is 3.75. The topological polar surface area (TPSA) is 79.1 Å². The summed E-state index contributed by atoms with van der Waals surface area (Å²) in [6.07, 6.45) is 4.17. The van der Waals surface area contributed by atoms with Crippen LogP contribution in [0, 0.1) is 11.3 Å². The smallest absolute Gasteiger partial charge is 0.319 e. The number of rotatable bonds is 9. The van der Waals surface area contributed by atoms with E-state index in [-0.39, 0.29) is 6.03 Å². The quantitative estimate of drug-likeness (QED) is 0.424. The number of urea groups is 1. The molecule has 6 nitrogen and oxygen atoms in total. The Balaban J connectivity index is 2.02. The Hall–Kier alpha value is -3.46. The molecule has 2 N–H and O–H groups in total. The van der Waals surface area contributed by atoms with E-state index in [1.807, 2.05) is 49.4 Å². The van der Waals surface area contributed by atoms with Crippen LogP contribution in [0.1, 0.15) is 45.1 Å². The second-order valence-electron chi connectivity index (χ2n) is 7.54. The highest BCUT2D eigenvalue weighted by Crippen LogP contribution is 2.36. The normalized spacial score (nSPS) is 10.6. The van der Waals surface area contributed by atoms with Gasteiger partial charge in [-0.1, -0.05) is 38.8 Å². The lowest BCUT2D eigenvalue weighted by Gasteiger charge is -2.13. The van der Waals surface area contributed by atoms with Crippen molar-refractivity contribution in [1.29, 1.82) is 5.26 Å². The molecule has 1 heterocycles. The summed E-state index contributed by atoms with van der Waals surface area (Å²) in [5.41, 5.74) is 4.23. The van der Waals surface area contributed by atoms with Crippen LogP contribution in [-0.4, -0.2) is 24.3 Å². The highest BCUT2D eigenvalue weighted by molar-refractivity contribution is 5.96. The van der Waals surface area contributed by atoms with Gasteiger partial charge in [-0.25, -0.2) is 4.79 Å². The molecule has 0 spiro atoms. The third-order valence-electron chi connectivity index (χ3n) is 5.32. The lowest BCUT2D eigenvalue weighted by atomic mass is 10.1. The van der Waals surface area contributed by atoms with Crippen molar-refractivity contribution < 1.29 is 9.53 Å². The zero-order chi connectivity index (χ0) is 22.2. The number of amides is 2. The standard InChI is InChI=1S/C25H30N4O2/c1-4-6-7-15-29-23-16-20(31-3)12-13-21(23)22(17-26)24(29)18-8-10-19(11-9-18)28-25(30)27-14-5-2/h8-13,16H,4-7,14-15H2,1-3H3,(H2,27,28,30). The van der Waals surface area contributed by atoms with E-state index in [9.17, 15) is 10.1 Å². The number of carbonyl (C=O) groups excluding carboxylic acids is 1. The van der Waals surface area contributed by atoms with Crippen LogP contribution in [-0.2, 0) is 6.54 Å². The Morgan fingerprint density at radius 1 is 1.10 bits per heavy atom. The van der Waals surface area contributed by atoms with Crippen molar-refractivity contribution in [3.63, 3.8) is 0 Å². The molecule has 0 aliphatic rings. The zero-order valence-corrected chi connectivity index (χ0v) is 18.5. The van der Waals surface area contributed by atoms with E-state index in [2.05, 4.69) is 28.2 Å². The molecule has 0 bridgehead atoms. The Morgan fingerprint density at radius 2 is 1.87 bits per heavy atom. The largest absolute Gasteiger partial charge is 0.497 e. The molecule has 2 aromatic carbocycles. The number of nitrogens with zero attached hydrogens (tertiary/aromatic N) is 2. The molecular formula is C25H30N4O2. The number of ether oxygens (including phenoxy) is 1. The Labute approximate surface area is 183 Å². The molecule has 3 rings (SSSR count). The first-order chi connectivity index (χ1) is 15.1. The van der Waals surface area contributed by atoms with E-state index in [4.69, 9.17) is 4.74 Å². The molecule has 0 atom stereocenters. The van der Waals surface area contributed by atoms with E-state index in [1.165, 1.54) is 0 Å². The monoisotopic (exact) mass is 418 g/mol. The van der Waals surface area contributed by atoms with E-state index < -0.39 is 0 Å².